The van der Waals surface area contributed by atoms with E-state index in [9.17, 15) is 9.59 Å². The van der Waals surface area contributed by atoms with Crippen LogP contribution in [0.1, 0.15) is 30.5 Å². The molecule has 0 unspecified atom stereocenters. The van der Waals surface area contributed by atoms with Crippen molar-refractivity contribution < 1.29 is 45.7 Å². The van der Waals surface area contributed by atoms with E-state index in [4.69, 9.17) is 5.11 Å². The molecule has 0 bridgehead atoms. The molecule has 1 aromatic rings. The maximum absolute atomic E-state index is 11.0. The van der Waals surface area contributed by atoms with Crippen LogP contribution in [0.15, 0.2) is 12.1 Å². The normalized spacial score (nSPS) is 14.4. The Balaban J connectivity index is 0.00000112. The Kier molecular flexibility index (Phi) is 4.13. The molecule has 0 radical (unpaired) electrons. The third-order valence-corrected chi connectivity index (χ3v) is 2.39. The third-order valence-electron chi connectivity index (χ3n) is 2.39. The zero-order valence-corrected chi connectivity index (χ0v) is 10.6. The summed E-state index contributed by atoms with van der Waals surface area (Å²) in [7, 11) is 0. The monoisotopic (exact) mass is 217 g/mol. The molecule has 0 amide bonds. The number of nitrogens with one attached hydrogen (secondary N) is 1. The van der Waals surface area contributed by atoms with Gasteiger partial charge in [-0.3, -0.25) is 4.79 Å². The number of ketones is 1. The Morgan fingerprint density at radius 2 is 2.13 bits per heavy atom. The van der Waals surface area contributed by atoms with E-state index in [1.165, 1.54) is 18.9 Å². The smallest absolute Gasteiger partial charge is 1.00 e. The number of H-pyrrole nitrogens is 1. The van der Waals surface area contributed by atoms with Crippen LogP contribution in [0.5, 0.6) is 0 Å². The van der Waals surface area contributed by atoms with E-state index >= 15 is 0 Å². The van der Waals surface area contributed by atoms with Gasteiger partial charge < -0.3 is 11.5 Å². The van der Waals surface area contributed by atoms with Gasteiger partial charge in [-0.05, 0) is 37.3 Å². The van der Waals surface area contributed by atoms with E-state index in [1.54, 1.807) is 6.07 Å². The van der Waals surface area contributed by atoms with Crippen molar-refractivity contribution in [3.8, 4) is 0 Å². The molecule has 0 aliphatic heterocycles. The van der Waals surface area contributed by atoms with Crippen molar-refractivity contribution >= 4 is 11.8 Å². The van der Waals surface area contributed by atoms with Gasteiger partial charge in [0, 0.05) is 5.69 Å². The Morgan fingerprint density at radius 1 is 1.47 bits per heavy atom. The fourth-order valence-electron chi connectivity index (χ4n) is 1.44. The summed E-state index contributed by atoms with van der Waals surface area (Å²) in [5.74, 6) is -1.56. The van der Waals surface area contributed by atoms with Gasteiger partial charge in [0.15, 0.2) is 0 Å². The number of aromatic nitrogens is 1. The summed E-state index contributed by atoms with van der Waals surface area (Å²) in [6.07, 6.45) is 3.40. The van der Waals surface area contributed by atoms with Gasteiger partial charge in [0.1, 0.15) is 0 Å². The first kappa shape index (κ1) is 12.5. The molecule has 1 aliphatic carbocycles. The first-order valence-electron chi connectivity index (χ1n) is 4.62. The average Bonchev–Trinajstić information content (AvgIpc) is 2.81. The molecule has 1 aliphatic rings. The van der Waals surface area contributed by atoms with Gasteiger partial charge in [0.2, 0.25) is 0 Å². The molecule has 1 saturated carbocycles. The van der Waals surface area contributed by atoms with Crippen molar-refractivity contribution in [2.45, 2.75) is 19.3 Å². The van der Waals surface area contributed by atoms with Crippen LogP contribution < -0.4 is 29.6 Å². The number of carbonyl (C=O) groups excluding carboxylic acids is 1. The zero-order valence-electron chi connectivity index (χ0n) is 9.62. The first-order chi connectivity index (χ1) is 6.66. The number of aliphatic carboxylic acids is 1. The van der Waals surface area contributed by atoms with E-state index in [-0.39, 0.29) is 36.7 Å². The standard InChI is InChI=1S/C10H11NO3.Na.H/c12-9(10(13)14)8-4-3-7(11-8)5-6-1-2-6;;/h3-4,6,11H,1-2,5H2,(H,13,14);;/q;+1;-1. The third kappa shape index (κ3) is 3.19. The van der Waals surface area contributed by atoms with Crippen molar-refractivity contribution in [2.24, 2.45) is 5.92 Å². The predicted octanol–water partition coefficient (Wildman–Crippen LogP) is -1.65. The average molecular weight is 217 g/mol. The van der Waals surface area contributed by atoms with Crippen LogP contribution in [0, 0.1) is 5.92 Å². The predicted molar refractivity (Wildman–Crippen MR) is 50.3 cm³/mol. The van der Waals surface area contributed by atoms with Crippen LogP contribution in [0.3, 0.4) is 0 Å². The minimum Gasteiger partial charge on any atom is -1.00 e. The summed E-state index contributed by atoms with van der Waals surface area (Å²) in [6, 6.07) is 3.32. The largest absolute Gasteiger partial charge is 1.00 e. The summed E-state index contributed by atoms with van der Waals surface area (Å²) >= 11 is 0. The van der Waals surface area contributed by atoms with Gasteiger partial charge in [-0.15, -0.1) is 0 Å². The minimum absolute atomic E-state index is 0. The molecule has 0 atom stereocenters. The SMILES string of the molecule is O=C(O)C(=O)c1ccc(CC2CC2)[nH]1.[H-].[Na+]. The van der Waals surface area contributed by atoms with Gasteiger partial charge >= 0.3 is 35.5 Å². The number of carbonyl (C=O) groups is 2. The zero-order chi connectivity index (χ0) is 10.1. The van der Waals surface area contributed by atoms with Crippen LogP contribution in [-0.2, 0) is 11.2 Å². The second-order valence-electron chi connectivity index (χ2n) is 3.68. The maximum Gasteiger partial charge on any atom is 1.00 e. The molecular weight excluding hydrogens is 205 g/mol. The van der Waals surface area contributed by atoms with E-state index in [0.29, 0.717) is 0 Å². The molecule has 0 spiro atoms. The van der Waals surface area contributed by atoms with E-state index in [2.05, 4.69) is 4.98 Å². The van der Waals surface area contributed by atoms with Crippen LogP contribution in [0.2, 0.25) is 0 Å². The number of aromatic amines is 1. The quantitative estimate of drug-likeness (QED) is 0.361. The summed E-state index contributed by atoms with van der Waals surface area (Å²) in [5, 5.41) is 8.47. The fraction of sp³-hybridized carbons (Fsp3) is 0.400. The van der Waals surface area contributed by atoms with Gasteiger partial charge in [-0.2, -0.15) is 0 Å². The van der Waals surface area contributed by atoms with Crippen molar-refractivity contribution in [1.29, 1.82) is 0 Å². The van der Waals surface area contributed by atoms with E-state index in [1.807, 2.05) is 0 Å². The molecule has 4 nitrogen and oxygen atoms in total. The van der Waals surface area contributed by atoms with Crippen molar-refractivity contribution in [2.75, 3.05) is 0 Å². The van der Waals surface area contributed by atoms with Crippen molar-refractivity contribution in [1.82, 2.24) is 4.98 Å². The van der Waals surface area contributed by atoms with E-state index in [0.717, 1.165) is 18.0 Å². The fourth-order valence-corrected chi connectivity index (χ4v) is 1.44. The summed E-state index contributed by atoms with van der Waals surface area (Å²) in [5.41, 5.74) is 1.13. The van der Waals surface area contributed by atoms with Gasteiger partial charge in [0.25, 0.3) is 5.78 Å². The van der Waals surface area contributed by atoms with Gasteiger partial charge in [0.05, 0.1) is 5.69 Å². The topological polar surface area (TPSA) is 70.2 Å². The molecular formula is C10H12NNaO3. The molecule has 2 N–H and O–H groups in total. The summed E-state index contributed by atoms with van der Waals surface area (Å²) < 4.78 is 0. The number of hydrogen-bond donors (Lipinski definition) is 2. The van der Waals surface area contributed by atoms with Crippen LogP contribution >= 0.6 is 0 Å². The molecule has 5 heteroatoms. The van der Waals surface area contributed by atoms with E-state index < -0.39 is 11.8 Å². The van der Waals surface area contributed by atoms with Crippen LogP contribution in [0.25, 0.3) is 0 Å². The molecule has 1 fully saturated rings. The molecule has 2 rings (SSSR count). The Bertz CT molecular complexity index is 387. The first-order valence-corrected chi connectivity index (χ1v) is 4.62. The molecule has 0 saturated heterocycles. The van der Waals surface area contributed by atoms with Crippen molar-refractivity contribution in [3.05, 3.63) is 23.5 Å². The number of rotatable bonds is 4. The Morgan fingerprint density at radius 3 is 2.67 bits per heavy atom. The van der Waals surface area contributed by atoms with Crippen LogP contribution in [-0.4, -0.2) is 21.8 Å². The minimum atomic E-state index is -1.41. The Hall–Kier alpha value is -0.580. The molecule has 0 aromatic carbocycles. The Labute approximate surface area is 111 Å². The number of carboxylic acid groups (broad SMARTS) is 1. The number of carboxylic acids is 1. The summed E-state index contributed by atoms with van der Waals surface area (Å²) in [6.45, 7) is 0. The molecule has 1 aromatic heterocycles. The second-order valence-corrected chi connectivity index (χ2v) is 3.68. The molecule has 15 heavy (non-hydrogen) atoms. The van der Waals surface area contributed by atoms with Crippen molar-refractivity contribution in [3.63, 3.8) is 0 Å². The number of hydrogen-bond acceptors (Lipinski definition) is 2. The maximum atomic E-state index is 11.0. The second kappa shape index (κ2) is 4.96. The number of Topliss-reactive ketones (excluding diaryl/α,β-unsaturated/α-hetero) is 1. The molecule has 76 valence electrons. The molecule has 1 heterocycles. The van der Waals surface area contributed by atoms with Crippen LogP contribution in [0.4, 0.5) is 0 Å². The summed E-state index contributed by atoms with van der Waals surface area (Å²) in [4.78, 5) is 24.2. The van der Waals surface area contributed by atoms with Gasteiger partial charge in [-0.1, -0.05) is 0 Å². The van der Waals surface area contributed by atoms with Gasteiger partial charge in [-0.25, -0.2) is 4.79 Å².